The van der Waals surface area contributed by atoms with E-state index in [1.54, 1.807) is 7.11 Å². The summed E-state index contributed by atoms with van der Waals surface area (Å²) in [4.78, 5) is 12.1. The number of methoxy groups -OCH3 is 1. The number of carbonyl (C=O) groups is 1. The van der Waals surface area contributed by atoms with Gasteiger partial charge in [-0.3, -0.25) is 0 Å². The normalized spacial score (nSPS) is 18.4. The first-order valence-electron chi connectivity index (χ1n) is 8.31. The minimum Gasteiger partial charge on any atom is -0.497 e. The Balaban J connectivity index is 2.09. The van der Waals surface area contributed by atoms with Crippen LogP contribution in [0.3, 0.4) is 0 Å². The number of nitrogens with one attached hydrogen (secondary N) is 2. The Morgan fingerprint density at radius 3 is 2.60 bits per heavy atom. The van der Waals surface area contributed by atoms with Crippen molar-refractivity contribution in [1.29, 1.82) is 0 Å². The zero-order valence-corrected chi connectivity index (χ0v) is 14.3. The summed E-state index contributed by atoms with van der Waals surface area (Å²) in [5.41, 5.74) is 3.15. The summed E-state index contributed by atoms with van der Waals surface area (Å²) in [6, 6.07) is 16.3. The first kappa shape index (κ1) is 17.0. The molecule has 0 saturated heterocycles. The minimum atomic E-state index is -0.819. The van der Waals surface area contributed by atoms with Crippen LogP contribution in [0.2, 0.25) is 0 Å². The molecule has 1 aliphatic rings. The van der Waals surface area contributed by atoms with E-state index in [1.807, 2.05) is 61.5 Å². The highest BCUT2D eigenvalue weighted by atomic mass is 16.5. The summed E-state index contributed by atoms with van der Waals surface area (Å²) >= 11 is 0. The number of amides is 2. The van der Waals surface area contributed by atoms with Crippen molar-refractivity contribution >= 4 is 6.03 Å². The second-order valence-corrected chi connectivity index (χ2v) is 5.91. The number of urea groups is 1. The summed E-state index contributed by atoms with van der Waals surface area (Å²) in [7, 11) is 1.60. The van der Waals surface area contributed by atoms with Crippen molar-refractivity contribution in [3.63, 3.8) is 0 Å². The van der Waals surface area contributed by atoms with E-state index in [0.29, 0.717) is 12.2 Å². The molecule has 3 N–H and O–H groups in total. The van der Waals surface area contributed by atoms with Gasteiger partial charge in [0.25, 0.3) is 0 Å². The van der Waals surface area contributed by atoms with Gasteiger partial charge in [0.1, 0.15) is 11.9 Å². The van der Waals surface area contributed by atoms with Gasteiger partial charge < -0.3 is 20.5 Å². The van der Waals surface area contributed by atoms with Gasteiger partial charge in [-0.25, -0.2) is 4.79 Å². The first-order chi connectivity index (χ1) is 12.1. The highest BCUT2D eigenvalue weighted by molar-refractivity contribution is 5.79. The summed E-state index contributed by atoms with van der Waals surface area (Å²) in [5.74, 6) is 0.705. The molecule has 2 aromatic carbocycles. The molecule has 0 radical (unpaired) electrons. The van der Waals surface area contributed by atoms with Crippen molar-refractivity contribution in [2.45, 2.75) is 25.5 Å². The molecule has 0 saturated carbocycles. The standard InChI is InChI=1S/C20H22N2O3/c1-3-16-17(19(23)13-8-5-4-6-9-13)18(22-20(24)21-16)14-10-7-11-15(12-14)25-2/h4-12,18-19,23H,3H2,1-2H3,(H2,21,22,24). The van der Waals surface area contributed by atoms with Crippen LogP contribution in [0.5, 0.6) is 5.75 Å². The fourth-order valence-electron chi connectivity index (χ4n) is 3.14. The maximum atomic E-state index is 12.1. The van der Waals surface area contributed by atoms with Gasteiger partial charge in [0.05, 0.1) is 13.2 Å². The van der Waals surface area contributed by atoms with E-state index in [2.05, 4.69) is 10.6 Å². The predicted molar refractivity (Wildman–Crippen MR) is 96.1 cm³/mol. The van der Waals surface area contributed by atoms with Crippen LogP contribution in [0.1, 0.15) is 36.6 Å². The molecule has 1 heterocycles. The van der Waals surface area contributed by atoms with Crippen LogP contribution in [0.25, 0.3) is 0 Å². The van der Waals surface area contributed by atoms with Gasteiger partial charge in [0, 0.05) is 11.3 Å². The Hall–Kier alpha value is -2.79. The zero-order valence-electron chi connectivity index (χ0n) is 14.3. The molecular formula is C20H22N2O3. The van der Waals surface area contributed by atoms with Crippen LogP contribution in [-0.2, 0) is 0 Å². The number of hydrogen-bond acceptors (Lipinski definition) is 3. The van der Waals surface area contributed by atoms with Gasteiger partial charge in [0.2, 0.25) is 0 Å². The molecule has 0 bridgehead atoms. The van der Waals surface area contributed by atoms with E-state index in [1.165, 1.54) is 0 Å². The number of allylic oxidation sites excluding steroid dienone is 1. The van der Waals surface area contributed by atoms with Crippen molar-refractivity contribution < 1.29 is 14.6 Å². The van der Waals surface area contributed by atoms with Gasteiger partial charge in [-0.05, 0) is 29.7 Å². The van der Waals surface area contributed by atoms with E-state index in [4.69, 9.17) is 4.74 Å². The zero-order chi connectivity index (χ0) is 17.8. The molecule has 0 fully saturated rings. The van der Waals surface area contributed by atoms with Crippen molar-refractivity contribution in [3.8, 4) is 5.75 Å². The lowest BCUT2D eigenvalue weighted by molar-refractivity contribution is 0.194. The van der Waals surface area contributed by atoms with Gasteiger partial charge >= 0.3 is 6.03 Å². The van der Waals surface area contributed by atoms with Gasteiger partial charge in [0.15, 0.2) is 0 Å². The van der Waals surface area contributed by atoms with Gasteiger partial charge in [-0.2, -0.15) is 0 Å². The van der Waals surface area contributed by atoms with Crippen LogP contribution < -0.4 is 15.4 Å². The number of ether oxygens (including phenoxy) is 1. The lowest BCUT2D eigenvalue weighted by Gasteiger charge is -2.33. The SMILES string of the molecule is CCC1=C(C(O)c2ccccc2)C(c2cccc(OC)c2)NC(=O)N1. The van der Waals surface area contributed by atoms with Crippen LogP contribution in [-0.4, -0.2) is 18.2 Å². The molecule has 130 valence electrons. The fraction of sp³-hybridized carbons (Fsp3) is 0.250. The first-order valence-corrected chi connectivity index (χ1v) is 8.31. The Morgan fingerprint density at radius 2 is 1.92 bits per heavy atom. The molecule has 2 amide bonds. The summed E-state index contributed by atoms with van der Waals surface area (Å²) < 4.78 is 5.30. The lowest BCUT2D eigenvalue weighted by atomic mass is 9.87. The van der Waals surface area contributed by atoms with Crippen LogP contribution in [0, 0.1) is 0 Å². The molecule has 1 aliphatic heterocycles. The van der Waals surface area contributed by atoms with Gasteiger partial charge in [-0.15, -0.1) is 0 Å². The van der Waals surface area contributed by atoms with Crippen molar-refractivity contribution in [1.82, 2.24) is 10.6 Å². The fourth-order valence-corrected chi connectivity index (χ4v) is 3.14. The van der Waals surface area contributed by atoms with E-state index < -0.39 is 12.1 Å². The number of aliphatic hydroxyl groups is 1. The lowest BCUT2D eigenvalue weighted by Crippen LogP contribution is -2.45. The molecule has 5 nitrogen and oxygen atoms in total. The quantitative estimate of drug-likeness (QED) is 0.782. The number of aliphatic hydroxyl groups excluding tert-OH is 1. The average Bonchev–Trinajstić information content (AvgIpc) is 2.67. The molecule has 0 aliphatic carbocycles. The predicted octanol–water partition coefficient (Wildman–Crippen LogP) is 3.45. The molecule has 2 atom stereocenters. The molecule has 5 heteroatoms. The Labute approximate surface area is 147 Å². The summed E-state index contributed by atoms with van der Waals surface area (Å²) in [5, 5.41) is 16.8. The second kappa shape index (κ2) is 7.40. The monoisotopic (exact) mass is 338 g/mol. The second-order valence-electron chi connectivity index (χ2n) is 5.91. The Kier molecular flexibility index (Phi) is 5.05. The van der Waals surface area contributed by atoms with E-state index in [-0.39, 0.29) is 6.03 Å². The smallest absolute Gasteiger partial charge is 0.319 e. The molecule has 25 heavy (non-hydrogen) atoms. The third-order valence-electron chi connectivity index (χ3n) is 4.39. The van der Waals surface area contributed by atoms with Crippen LogP contribution in [0.4, 0.5) is 4.79 Å². The van der Waals surface area contributed by atoms with Crippen molar-refractivity contribution in [3.05, 3.63) is 77.0 Å². The molecule has 0 spiro atoms. The van der Waals surface area contributed by atoms with Crippen molar-refractivity contribution in [2.24, 2.45) is 0 Å². The number of rotatable bonds is 5. The van der Waals surface area contributed by atoms with E-state index in [0.717, 1.165) is 22.4 Å². The third kappa shape index (κ3) is 3.51. The van der Waals surface area contributed by atoms with Gasteiger partial charge in [-0.1, -0.05) is 49.4 Å². The minimum absolute atomic E-state index is 0.270. The molecular weight excluding hydrogens is 316 g/mol. The number of hydrogen-bond donors (Lipinski definition) is 3. The largest absolute Gasteiger partial charge is 0.497 e. The Bertz CT molecular complexity index is 787. The van der Waals surface area contributed by atoms with Crippen LogP contribution in [0.15, 0.2) is 65.9 Å². The summed E-state index contributed by atoms with van der Waals surface area (Å²) in [6.07, 6.45) is -0.201. The molecule has 3 rings (SSSR count). The highest BCUT2D eigenvalue weighted by Crippen LogP contribution is 2.37. The third-order valence-corrected chi connectivity index (χ3v) is 4.39. The molecule has 2 unspecified atom stereocenters. The number of carbonyl (C=O) groups excluding carboxylic acids is 1. The number of benzene rings is 2. The van der Waals surface area contributed by atoms with E-state index >= 15 is 0 Å². The maximum Gasteiger partial charge on any atom is 0.319 e. The maximum absolute atomic E-state index is 12.1. The van der Waals surface area contributed by atoms with E-state index in [9.17, 15) is 9.90 Å². The molecule has 0 aromatic heterocycles. The average molecular weight is 338 g/mol. The van der Waals surface area contributed by atoms with Crippen molar-refractivity contribution in [2.75, 3.05) is 7.11 Å². The highest BCUT2D eigenvalue weighted by Gasteiger charge is 2.32. The molecule has 2 aromatic rings. The Morgan fingerprint density at radius 1 is 1.16 bits per heavy atom. The van der Waals surface area contributed by atoms with Crippen LogP contribution >= 0.6 is 0 Å². The summed E-state index contributed by atoms with van der Waals surface area (Å²) in [6.45, 7) is 1.96. The topological polar surface area (TPSA) is 70.6 Å².